The Kier molecular flexibility index (Phi) is 9.64. The van der Waals surface area contributed by atoms with Crippen molar-refractivity contribution in [2.24, 2.45) is 0 Å². The van der Waals surface area contributed by atoms with Crippen molar-refractivity contribution in [2.45, 2.75) is 44.2 Å². The summed E-state index contributed by atoms with van der Waals surface area (Å²) in [4.78, 5) is 2.36. The van der Waals surface area contributed by atoms with Crippen molar-refractivity contribution in [1.29, 1.82) is 0 Å². The van der Waals surface area contributed by atoms with E-state index in [1.54, 1.807) is 0 Å². The highest BCUT2D eigenvalue weighted by molar-refractivity contribution is 7.79. The molecule has 0 fully saturated rings. The summed E-state index contributed by atoms with van der Waals surface area (Å²) in [6, 6.07) is 50.2. The van der Waals surface area contributed by atoms with Crippen LogP contribution in [0.4, 0.5) is 0 Å². The van der Waals surface area contributed by atoms with Gasteiger partial charge in [-0.05, 0) is 23.1 Å². The molecule has 5 aromatic carbocycles. The van der Waals surface area contributed by atoms with Crippen molar-refractivity contribution in [3.8, 4) is 0 Å². The van der Waals surface area contributed by atoms with Crippen molar-refractivity contribution < 1.29 is 9.67 Å². The van der Waals surface area contributed by atoms with Crippen molar-refractivity contribution in [1.82, 2.24) is 4.90 Å². The maximum absolute atomic E-state index is 15.3. The molecule has 1 N–H and O–H groups in total. The lowest BCUT2D eigenvalue weighted by Crippen LogP contribution is -2.50. The van der Waals surface area contributed by atoms with Crippen LogP contribution in [0.5, 0.6) is 0 Å². The Morgan fingerprint density at radius 1 is 0.561 bits per heavy atom. The Morgan fingerprint density at radius 2 is 0.902 bits per heavy atom. The predicted octanol–water partition coefficient (Wildman–Crippen LogP) is 7.06. The molecule has 0 unspecified atom stereocenters. The summed E-state index contributed by atoms with van der Waals surface area (Å²) >= 11 is 0. The second-order valence-corrected chi connectivity index (χ2v) is 13.9. The van der Waals surface area contributed by atoms with Gasteiger partial charge in [0, 0.05) is 35.4 Å². The highest BCUT2D eigenvalue weighted by atomic mass is 31.2. The molecular formula is C37H38NO2P. The quantitative estimate of drug-likeness (QED) is 0.166. The molecule has 208 valence electrons. The second-order valence-electron chi connectivity index (χ2n) is 10.7. The number of nitrogens with zero attached hydrogens (tertiary/aromatic N) is 1. The lowest BCUT2D eigenvalue weighted by Gasteiger charge is -2.40. The molecule has 0 amide bonds. The van der Waals surface area contributed by atoms with Gasteiger partial charge < -0.3 is 9.67 Å². The van der Waals surface area contributed by atoms with Crippen molar-refractivity contribution in [3.05, 3.63) is 168 Å². The van der Waals surface area contributed by atoms with Crippen LogP contribution in [0.3, 0.4) is 0 Å². The van der Waals surface area contributed by atoms with Gasteiger partial charge in [0.25, 0.3) is 0 Å². The summed E-state index contributed by atoms with van der Waals surface area (Å²) in [5.41, 5.74) is 2.98. The summed E-state index contributed by atoms with van der Waals surface area (Å²) in [7, 11) is -3.21. The number of rotatable bonds is 12. The summed E-state index contributed by atoms with van der Waals surface area (Å²) < 4.78 is 15.3. The van der Waals surface area contributed by atoms with E-state index in [1.165, 1.54) is 11.1 Å². The SMILES string of the molecule is C[C@@H]([C@@H](O)[C@H](Cc1ccccc1)N(Cc1ccccc1)Cc1ccccc1)P(=O)(c1ccccc1)c1ccccc1. The molecule has 0 saturated carbocycles. The molecule has 0 aliphatic heterocycles. The zero-order valence-electron chi connectivity index (χ0n) is 23.5. The van der Waals surface area contributed by atoms with E-state index in [0.29, 0.717) is 19.5 Å². The summed E-state index contributed by atoms with van der Waals surface area (Å²) in [6.07, 6.45) is -0.232. The first-order chi connectivity index (χ1) is 20.1. The van der Waals surface area contributed by atoms with Crippen LogP contribution < -0.4 is 10.6 Å². The molecule has 4 heteroatoms. The lowest BCUT2D eigenvalue weighted by molar-refractivity contribution is 0.0389. The Balaban J connectivity index is 1.59. The zero-order valence-corrected chi connectivity index (χ0v) is 24.4. The smallest absolute Gasteiger partial charge is 0.148 e. The number of aliphatic hydroxyl groups is 1. The third kappa shape index (κ3) is 6.94. The number of hydrogen-bond donors (Lipinski definition) is 1. The Bertz CT molecular complexity index is 1430. The molecule has 0 aromatic heterocycles. The minimum absolute atomic E-state index is 0.284. The Labute approximate surface area is 244 Å². The standard InChI is InChI=1S/C37H38NO2P/c1-30(41(40,34-23-13-5-14-24-34)35-25-15-6-16-26-35)37(39)36(27-31-17-7-2-8-18-31)38(28-32-19-9-3-10-20-32)29-33-21-11-4-12-22-33/h2-26,30,36-37,39H,27-29H2,1H3/t30-,36-,37+/m0/s1. The molecule has 0 aliphatic rings. The third-order valence-corrected chi connectivity index (χ3v) is 11.5. The molecule has 0 bridgehead atoms. The topological polar surface area (TPSA) is 40.5 Å². The number of hydrogen-bond acceptors (Lipinski definition) is 3. The Morgan fingerprint density at radius 3 is 1.29 bits per heavy atom. The van der Waals surface area contributed by atoms with Crippen molar-refractivity contribution in [3.63, 3.8) is 0 Å². The zero-order chi connectivity index (χ0) is 28.5. The molecule has 3 nitrogen and oxygen atoms in total. The molecule has 0 radical (unpaired) electrons. The van der Waals surface area contributed by atoms with Crippen LogP contribution in [-0.4, -0.2) is 27.8 Å². The monoisotopic (exact) mass is 559 g/mol. The molecule has 0 saturated heterocycles. The summed E-state index contributed by atoms with van der Waals surface area (Å²) in [5.74, 6) is 0. The fraction of sp³-hybridized carbons (Fsp3) is 0.189. The van der Waals surface area contributed by atoms with Crippen LogP contribution >= 0.6 is 7.14 Å². The van der Waals surface area contributed by atoms with Crippen molar-refractivity contribution >= 4 is 17.8 Å². The molecular weight excluding hydrogens is 521 g/mol. The van der Waals surface area contributed by atoms with Gasteiger partial charge in [-0.15, -0.1) is 0 Å². The molecule has 5 aromatic rings. The molecule has 0 aliphatic carbocycles. The Hall–Kier alpha value is -3.75. The van der Waals surface area contributed by atoms with E-state index in [2.05, 4.69) is 65.6 Å². The number of benzene rings is 5. The maximum Gasteiger partial charge on any atom is 0.148 e. The van der Waals surface area contributed by atoms with Crippen molar-refractivity contribution in [2.75, 3.05) is 0 Å². The van der Waals surface area contributed by atoms with Gasteiger partial charge in [0.1, 0.15) is 7.14 Å². The van der Waals surface area contributed by atoms with Crippen LogP contribution in [0.25, 0.3) is 0 Å². The molecule has 41 heavy (non-hydrogen) atoms. The fourth-order valence-electron chi connectivity index (χ4n) is 5.70. The molecule has 3 atom stereocenters. The van der Waals surface area contributed by atoms with E-state index in [4.69, 9.17) is 0 Å². The van der Waals surface area contributed by atoms with Gasteiger partial charge in [0.05, 0.1) is 6.10 Å². The van der Waals surface area contributed by atoms with Crippen LogP contribution in [0.1, 0.15) is 23.6 Å². The van der Waals surface area contributed by atoms with Gasteiger partial charge in [-0.2, -0.15) is 0 Å². The normalized spacial score (nSPS) is 13.9. The van der Waals surface area contributed by atoms with Crippen LogP contribution in [0.2, 0.25) is 0 Å². The highest BCUT2D eigenvalue weighted by Gasteiger charge is 2.42. The van der Waals surface area contributed by atoms with Gasteiger partial charge in [-0.1, -0.05) is 159 Å². The first kappa shape index (κ1) is 28.8. The van der Waals surface area contributed by atoms with E-state index in [1.807, 2.05) is 97.9 Å². The summed E-state index contributed by atoms with van der Waals surface area (Å²) in [6.45, 7) is 3.29. The number of aliphatic hydroxyl groups excluding tert-OH is 1. The largest absolute Gasteiger partial charge is 0.391 e. The average molecular weight is 560 g/mol. The minimum atomic E-state index is -3.21. The molecule has 0 spiro atoms. The summed E-state index contributed by atoms with van der Waals surface area (Å²) in [5, 5.41) is 14.0. The van der Waals surface area contributed by atoms with Crippen LogP contribution in [0.15, 0.2) is 152 Å². The van der Waals surface area contributed by atoms with Crippen LogP contribution in [-0.2, 0) is 24.1 Å². The maximum atomic E-state index is 15.3. The van der Waals surface area contributed by atoms with E-state index < -0.39 is 18.9 Å². The highest BCUT2D eigenvalue weighted by Crippen LogP contribution is 2.50. The van der Waals surface area contributed by atoms with Gasteiger partial charge in [0.15, 0.2) is 0 Å². The molecule has 0 heterocycles. The predicted molar refractivity (Wildman–Crippen MR) is 171 cm³/mol. The first-order valence-electron chi connectivity index (χ1n) is 14.3. The van der Waals surface area contributed by atoms with Gasteiger partial charge in [-0.3, -0.25) is 4.90 Å². The third-order valence-electron chi connectivity index (χ3n) is 7.96. The van der Waals surface area contributed by atoms with Gasteiger partial charge in [-0.25, -0.2) is 0 Å². The lowest BCUT2D eigenvalue weighted by atomic mass is 9.96. The minimum Gasteiger partial charge on any atom is -0.391 e. The average Bonchev–Trinajstić information content (AvgIpc) is 3.04. The van der Waals surface area contributed by atoms with E-state index in [-0.39, 0.29) is 6.04 Å². The first-order valence-corrected chi connectivity index (χ1v) is 16.1. The molecule has 5 rings (SSSR count). The fourth-order valence-corrected chi connectivity index (χ4v) is 8.80. The van der Waals surface area contributed by atoms with E-state index >= 15 is 4.57 Å². The van der Waals surface area contributed by atoms with Gasteiger partial charge >= 0.3 is 0 Å². The van der Waals surface area contributed by atoms with Gasteiger partial charge in [0.2, 0.25) is 0 Å². The second kappa shape index (κ2) is 13.7. The van der Waals surface area contributed by atoms with Crippen LogP contribution in [0, 0.1) is 0 Å². The van der Waals surface area contributed by atoms with E-state index in [9.17, 15) is 5.11 Å². The van der Waals surface area contributed by atoms with E-state index in [0.717, 1.165) is 16.2 Å².